The second-order valence-corrected chi connectivity index (χ2v) is 7.03. The summed E-state index contributed by atoms with van der Waals surface area (Å²) in [6, 6.07) is 10.0. The van der Waals surface area contributed by atoms with Crippen molar-refractivity contribution in [2.75, 3.05) is 31.6 Å². The van der Waals surface area contributed by atoms with Crippen LogP contribution in [0.25, 0.3) is 0 Å². The highest BCUT2D eigenvalue weighted by atomic mass is 16.7. The maximum Gasteiger partial charge on any atom is 0.272 e. The quantitative estimate of drug-likeness (QED) is 0.893. The second kappa shape index (κ2) is 7.62. The average molecular weight is 368 g/mol. The number of hydrogen-bond acceptors (Lipinski definition) is 6. The summed E-state index contributed by atoms with van der Waals surface area (Å²) in [7, 11) is 0. The van der Waals surface area contributed by atoms with Crippen LogP contribution in [-0.4, -0.2) is 52.9 Å². The van der Waals surface area contributed by atoms with E-state index in [2.05, 4.69) is 46.5 Å². The number of nitrogens with zero attached hydrogens (tertiary/aromatic N) is 3. The molecule has 1 spiro atoms. The van der Waals surface area contributed by atoms with Crippen molar-refractivity contribution in [3.05, 3.63) is 53.5 Å². The summed E-state index contributed by atoms with van der Waals surface area (Å²) in [6.45, 7) is 5.19. The van der Waals surface area contributed by atoms with E-state index in [4.69, 9.17) is 9.47 Å². The molecular weight excluding hydrogens is 344 g/mol. The molecule has 3 heterocycles. The standard InChI is InChI=1S/C20H24N4O3/c1-15-2-4-16(5-3-15)13-21-18-12-17(22-14-23-18)19(25)24-8-6-20(7-9-24)26-10-11-27-20/h2-5,12,14H,6-11,13H2,1H3,(H,21,22,23). The van der Waals surface area contributed by atoms with Gasteiger partial charge in [-0.3, -0.25) is 4.79 Å². The number of rotatable bonds is 4. The molecule has 2 aliphatic rings. The highest BCUT2D eigenvalue weighted by Gasteiger charge is 2.41. The number of aryl methyl sites for hydroxylation is 1. The van der Waals surface area contributed by atoms with E-state index in [-0.39, 0.29) is 5.91 Å². The summed E-state index contributed by atoms with van der Waals surface area (Å²) < 4.78 is 11.4. The number of amides is 1. The molecule has 0 bridgehead atoms. The molecule has 7 nitrogen and oxygen atoms in total. The molecule has 1 aromatic carbocycles. The first-order chi connectivity index (χ1) is 13.1. The van der Waals surface area contributed by atoms with Crippen LogP contribution < -0.4 is 5.32 Å². The van der Waals surface area contributed by atoms with Crippen LogP contribution in [0, 0.1) is 6.92 Å². The van der Waals surface area contributed by atoms with Crippen LogP contribution in [0.15, 0.2) is 36.7 Å². The van der Waals surface area contributed by atoms with E-state index in [1.54, 1.807) is 6.07 Å². The monoisotopic (exact) mass is 368 g/mol. The predicted molar refractivity (Wildman–Crippen MR) is 100 cm³/mol. The minimum Gasteiger partial charge on any atom is -0.366 e. The fourth-order valence-electron chi connectivity index (χ4n) is 3.47. The smallest absolute Gasteiger partial charge is 0.272 e. The molecule has 1 aromatic heterocycles. The SMILES string of the molecule is Cc1ccc(CNc2cc(C(=O)N3CCC4(CC3)OCCO4)ncn2)cc1. The number of carbonyl (C=O) groups excluding carboxylic acids is 1. The van der Waals surface area contributed by atoms with Crippen LogP contribution in [0.2, 0.25) is 0 Å². The number of benzene rings is 1. The van der Waals surface area contributed by atoms with Gasteiger partial charge in [-0.1, -0.05) is 29.8 Å². The normalized spacial score (nSPS) is 18.6. The Morgan fingerprint density at radius 1 is 1.15 bits per heavy atom. The number of likely N-dealkylation sites (tertiary alicyclic amines) is 1. The molecule has 0 atom stereocenters. The van der Waals surface area contributed by atoms with Crippen molar-refractivity contribution in [3.8, 4) is 0 Å². The molecule has 2 fully saturated rings. The van der Waals surface area contributed by atoms with Crippen molar-refractivity contribution in [2.24, 2.45) is 0 Å². The van der Waals surface area contributed by atoms with Crippen molar-refractivity contribution >= 4 is 11.7 Å². The van der Waals surface area contributed by atoms with Crippen molar-refractivity contribution in [2.45, 2.75) is 32.1 Å². The summed E-state index contributed by atoms with van der Waals surface area (Å²) in [5, 5.41) is 3.26. The van der Waals surface area contributed by atoms with Crippen molar-refractivity contribution in [3.63, 3.8) is 0 Å². The van der Waals surface area contributed by atoms with Crippen molar-refractivity contribution in [1.29, 1.82) is 0 Å². The van der Waals surface area contributed by atoms with Gasteiger partial charge in [-0.25, -0.2) is 9.97 Å². The van der Waals surface area contributed by atoms with Crippen LogP contribution in [0.4, 0.5) is 5.82 Å². The number of anilines is 1. The molecule has 2 saturated heterocycles. The molecule has 0 unspecified atom stereocenters. The Morgan fingerprint density at radius 2 is 1.85 bits per heavy atom. The van der Waals surface area contributed by atoms with Gasteiger partial charge in [0.2, 0.25) is 0 Å². The maximum atomic E-state index is 12.8. The lowest BCUT2D eigenvalue weighted by Crippen LogP contribution is -2.47. The Bertz CT molecular complexity index is 793. The Hall–Kier alpha value is -2.51. The number of ether oxygens (including phenoxy) is 2. The first kappa shape index (κ1) is 17.9. The van der Waals surface area contributed by atoms with Gasteiger partial charge >= 0.3 is 0 Å². The highest BCUT2D eigenvalue weighted by Crippen LogP contribution is 2.31. The molecule has 0 saturated carbocycles. The number of aromatic nitrogens is 2. The fraction of sp³-hybridized carbons (Fsp3) is 0.450. The Kier molecular flexibility index (Phi) is 5.05. The van der Waals surface area contributed by atoms with E-state index >= 15 is 0 Å². The van der Waals surface area contributed by atoms with Gasteiger partial charge in [-0.2, -0.15) is 0 Å². The molecule has 0 radical (unpaired) electrons. The van der Waals surface area contributed by atoms with Gasteiger partial charge in [-0.15, -0.1) is 0 Å². The van der Waals surface area contributed by atoms with Gasteiger partial charge in [-0.05, 0) is 12.5 Å². The molecule has 2 aliphatic heterocycles. The lowest BCUT2D eigenvalue weighted by Gasteiger charge is -2.37. The highest BCUT2D eigenvalue weighted by molar-refractivity contribution is 5.93. The predicted octanol–water partition coefficient (Wildman–Crippen LogP) is 2.38. The minimum atomic E-state index is -0.483. The third-order valence-corrected chi connectivity index (χ3v) is 5.11. The number of piperidine rings is 1. The van der Waals surface area contributed by atoms with Gasteiger partial charge in [0, 0.05) is 38.5 Å². The molecule has 0 aliphatic carbocycles. The summed E-state index contributed by atoms with van der Waals surface area (Å²) in [6.07, 6.45) is 2.82. The van der Waals surface area contributed by atoms with Gasteiger partial charge in [0.25, 0.3) is 5.91 Å². The fourth-order valence-corrected chi connectivity index (χ4v) is 3.47. The lowest BCUT2D eigenvalue weighted by atomic mass is 10.0. The zero-order valence-electron chi connectivity index (χ0n) is 15.5. The van der Waals surface area contributed by atoms with Crippen molar-refractivity contribution in [1.82, 2.24) is 14.9 Å². The Labute approximate surface area is 158 Å². The molecule has 1 N–H and O–H groups in total. The lowest BCUT2D eigenvalue weighted by molar-refractivity contribution is -0.181. The zero-order chi connectivity index (χ0) is 18.7. The average Bonchev–Trinajstić information content (AvgIpc) is 3.16. The zero-order valence-corrected chi connectivity index (χ0v) is 15.5. The van der Waals surface area contributed by atoms with Gasteiger partial charge in [0.15, 0.2) is 5.79 Å². The van der Waals surface area contributed by atoms with Crippen LogP contribution in [-0.2, 0) is 16.0 Å². The van der Waals surface area contributed by atoms with Gasteiger partial charge in [0.05, 0.1) is 13.2 Å². The Balaban J connectivity index is 1.37. The summed E-state index contributed by atoms with van der Waals surface area (Å²) in [5.74, 6) is 0.0805. The molecule has 27 heavy (non-hydrogen) atoms. The molecular formula is C20H24N4O3. The largest absolute Gasteiger partial charge is 0.366 e. The maximum absolute atomic E-state index is 12.8. The topological polar surface area (TPSA) is 76.6 Å². The van der Waals surface area contributed by atoms with Crippen LogP contribution in [0.1, 0.15) is 34.5 Å². The Morgan fingerprint density at radius 3 is 2.56 bits per heavy atom. The van der Waals surface area contributed by atoms with E-state index in [0.29, 0.717) is 57.2 Å². The summed E-state index contributed by atoms with van der Waals surface area (Å²) >= 11 is 0. The second-order valence-electron chi connectivity index (χ2n) is 7.03. The molecule has 1 amide bonds. The first-order valence-corrected chi connectivity index (χ1v) is 9.32. The number of nitrogens with one attached hydrogen (secondary N) is 1. The van der Waals surface area contributed by atoms with E-state index in [9.17, 15) is 4.79 Å². The molecule has 2 aromatic rings. The molecule has 7 heteroatoms. The van der Waals surface area contributed by atoms with E-state index in [1.807, 2.05) is 4.90 Å². The van der Waals surface area contributed by atoms with E-state index in [1.165, 1.54) is 11.9 Å². The van der Waals surface area contributed by atoms with E-state index < -0.39 is 5.79 Å². The third kappa shape index (κ3) is 4.09. The number of carbonyl (C=O) groups is 1. The molecule has 4 rings (SSSR count). The first-order valence-electron chi connectivity index (χ1n) is 9.32. The number of hydrogen-bond donors (Lipinski definition) is 1. The van der Waals surface area contributed by atoms with Crippen LogP contribution in [0.3, 0.4) is 0 Å². The third-order valence-electron chi connectivity index (χ3n) is 5.11. The summed E-state index contributed by atoms with van der Waals surface area (Å²) in [5.41, 5.74) is 2.79. The van der Waals surface area contributed by atoms with Crippen LogP contribution in [0.5, 0.6) is 0 Å². The summed E-state index contributed by atoms with van der Waals surface area (Å²) in [4.78, 5) is 23.0. The molecule has 142 valence electrons. The van der Waals surface area contributed by atoms with Gasteiger partial charge in [0.1, 0.15) is 17.8 Å². The van der Waals surface area contributed by atoms with Gasteiger partial charge < -0.3 is 19.7 Å². The minimum absolute atomic E-state index is 0.0800. The van der Waals surface area contributed by atoms with Crippen LogP contribution >= 0.6 is 0 Å². The van der Waals surface area contributed by atoms with Crippen molar-refractivity contribution < 1.29 is 14.3 Å². The van der Waals surface area contributed by atoms with E-state index in [0.717, 1.165) is 5.56 Å².